The van der Waals surface area contributed by atoms with E-state index < -0.39 is 6.04 Å². The Labute approximate surface area is 166 Å². The molecule has 28 heavy (non-hydrogen) atoms. The van der Waals surface area contributed by atoms with Crippen LogP contribution in [0, 0.1) is 6.92 Å². The average molecular weight is 399 g/mol. The molecule has 0 saturated heterocycles. The Morgan fingerprint density at radius 1 is 1.39 bits per heavy atom. The third-order valence-electron chi connectivity index (χ3n) is 4.70. The Morgan fingerprint density at radius 2 is 2.25 bits per heavy atom. The first-order valence-corrected chi connectivity index (χ1v) is 9.94. The van der Waals surface area contributed by atoms with Crippen molar-refractivity contribution in [1.82, 2.24) is 15.5 Å². The molecule has 1 N–H and O–H groups in total. The smallest absolute Gasteiger partial charge is 0.223 e. The van der Waals surface area contributed by atoms with Gasteiger partial charge in [0.05, 0.1) is 26.2 Å². The Bertz CT molecular complexity index is 968. The van der Waals surface area contributed by atoms with Gasteiger partial charge in [-0.15, -0.1) is 11.3 Å². The molecule has 7 nitrogen and oxygen atoms in total. The SMILES string of the molecule is COc1ccccc1C(NC(=O)CC1OCCc2sccc21)c1noc(C)n1. The first kappa shape index (κ1) is 18.6. The van der Waals surface area contributed by atoms with Gasteiger partial charge in [0, 0.05) is 23.8 Å². The molecule has 0 aliphatic carbocycles. The number of hydrogen-bond acceptors (Lipinski definition) is 7. The Balaban J connectivity index is 1.57. The molecule has 4 rings (SSSR count). The van der Waals surface area contributed by atoms with Gasteiger partial charge >= 0.3 is 0 Å². The van der Waals surface area contributed by atoms with E-state index in [0.29, 0.717) is 24.1 Å². The Hall–Kier alpha value is -2.71. The average Bonchev–Trinajstić information content (AvgIpc) is 3.35. The summed E-state index contributed by atoms with van der Waals surface area (Å²) >= 11 is 1.71. The molecule has 0 radical (unpaired) electrons. The highest BCUT2D eigenvalue weighted by Crippen LogP contribution is 2.34. The van der Waals surface area contributed by atoms with Crippen molar-refractivity contribution in [1.29, 1.82) is 0 Å². The summed E-state index contributed by atoms with van der Waals surface area (Å²) in [5.41, 5.74) is 1.87. The van der Waals surface area contributed by atoms with Gasteiger partial charge in [-0.25, -0.2) is 0 Å². The molecule has 0 spiro atoms. The lowest BCUT2D eigenvalue weighted by Gasteiger charge is -2.24. The minimum Gasteiger partial charge on any atom is -0.496 e. The van der Waals surface area contributed by atoms with Gasteiger partial charge in [-0.3, -0.25) is 4.79 Å². The number of fused-ring (bicyclic) bond motifs is 1. The number of rotatable bonds is 6. The number of carbonyl (C=O) groups is 1. The van der Waals surface area contributed by atoms with Crippen molar-refractivity contribution in [3.05, 3.63) is 63.4 Å². The predicted octanol–water partition coefficient (Wildman–Crippen LogP) is 3.36. The first-order valence-electron chi connectivity index (χ1n) is 9.06. The van der Waals surface area contributed by atoms with Crippen LogP contribution >= 0.6 is 11.3 Å². The highest BCUT2D eigenvalue weighted by atomic mass is 32.1. The number of para-hydroxylation sites is 1. The largest absolute Gasteiger partial charge is 0.496 e. The number of nitrogens with zero attached hydrogens (tertiary/aromatic N) is 2. The standard InChI is InChI=1S/C20H21N3O4S/c1-12-21-20(23-27-12)19(14-5-3-4-6-15(14)25-2)22-18(24)11-16-13-8-10-28-17(13)7-9-26-16/h3-6,8,10,16,19H,7,9,11H2,1-2H3,(H,22,24). The Kier molecular flexibility index (Phi) is 5.40. The van der Waals surface area contributed by atoms with E-state index in [1.54, 1.807) is 25.4 Å². The highest BCUT2D eigenvalue weighted by molar-refractivity contribution is 7.10. The molecule has 3 aromatic rings. The number of carbonyl (C=O) groups excluding carboxylic acids is 1. The molecular weight excluding hydrogens is 378 g/mol. The van der Waals surface area contributed by atoms with Crippen LogP contribution in [0.5, 0.6) is 5.75 Å². The monoisotopic (exact) mass is 399 g/mol. The number of aromatic nitrogens is 2. The fourth-order valence-electron chi connectivity index (χ4n) is 3.40. The van der Waals surface area contributed by atoms with Crippen molar-refractivity contribution < 1.29 is 18.8 Å². The third kappa shape index (κ3) is 3.79. The molecule has 8 heteroatoms. The zero-order valence-corrected chi connectivity index (χ0v) is 16.5. The van der Waals surface area contributed by atoms with E-state index >= 15 is 0 Å². The van der Waals surface area contributed by atoms with Crippen molar-refractivity contribution >= 4 is 17.2 Å². The van der Waals surface area contributed by atoms with Crippen LogP contribution in [0.25, 0.3) is 0 Å². The summed E-state index contributed by atoms with van der Waals surface area (Å²) in [6, 6.07) is 8.93. The van der Waals surface area contributed by atoms with Gasteiger partial charge in [0.2, 0.25) is 11.8 Å². The molecule has 0 bridgehead atoms. The zero-order valence-electron chi connectivity index (χ0n) is 15.7. The van der Waals surface area contributed by atoms with Crippen LogP contribution in [0.2, 0.25) is 0 Å². The minimum absolute atomic E-state index is 0.151. The number of benzene rings is 1. The van der Waals surface area contributed by atoms with Gasteiger partial charge < -0.3 is 19.3 Å². The quantitative estimate of drug-likeness (QED) is 0.684. The van der Waals surface area contributed by atoms with E-state index in [9.17, 15) is 4.79 Å². The van der Waals surface area contributed by atoms with Gasteiger partial charge in [-0.1, -0.05) is 23.4 Å². The third-order valence-corrected chi connectivity index (χ3v) is 5.70. The van der Waals surface area contributed by atoms with Crippen LogP contribution < -0.4 is 10.1 Å². The molecule has 0 fully saturated rings. The number of nitrogens with one attached hydrogen (secondary N) is 1. The van der Waals surface area contributed by atoms with E-state index in [4.69, 9.17) is 14.0 Å². The second kappa shape index (κ2) is 8.12. The van der Waals surface area contributed by atoms with Crippen molar-refractivity contribution in [2.45, 2.75) is 31.9 Å². The number of aryl methyl sites for hydroxylation is 1. The molecule has 2 atom stereocenters. The summed E-state index contributed by atoms with van der Waals surface area (Å²) in [7, 11) is 1.59. The number of amides is 1. The van der Waals surface area contributed by atoms with Gasteiger partial charge in [0.15, 0.2) is 5.82 Å². The van der Waals surface area contributed by atoms with Crippen LogP contribution in [-0.2, 0) is 16.0 Å². The number of methoxy groups -OCH3 is 1. The van der Waals surface area contributed by atoms with Crippen molar-refractivity contribution in [3.8, 4) is 5.75 Å². The summed E-state index contributed by atoms with van der Waals surface area (Å²) in [6.07, 6.45) is 0.892. The van der Waals surface area contributed by atoms with Gasteiger partial charge in [-0.05, 0) is 23.1 Å². The van der Waals surface area contributed by atoms with Crippen LogP contribution in [0.3, 0.4) is 0 Å². The topological polar surface area (TPSA) is 86.5 Å². The maximum absolute atomic E-state index is 12.9. The molecule has 1 amide bonds. The molecule has 1 aliphatic rings. The minimum atomic E-state index is -0.577. The summed E-state index contributed by atoms with van der Waals surface area (Å²) in [4.78, 5) is 18.5. The lowest BCUT2D eigenvalue weighted by molar-refractivity contribution is -0.125. The molecular formula is C20H21N3O4S. The van der Waals surface area contributed by atoms with Gasteiger partial charge in [0.25, 0.3) is 0 Å². The van der Waals surface area contributed by atoms with Crippen molar-refractivity contribution in [3.63, 3.8) is 0 Å². The highest BCUT2D eigenvalue weighted by Gasteiger charge is 2.28. The molecule has 1 aromatic carbocycles. The normalized spacial score (nSPS) is 17.0. The number of hydrogen-bond donors (Lipinski definition) is 1. The summed E-state index contributed by atoms with van der Waals surface area (Å²) in [6.45, 7) is 2.34. The fourth-order valence-corrected chi connectivity index (χ4v) is 4.32. The van der Waals surface area contributed by atoms with E-state index in [2.05, 4.69) is 15.5 Å². The fraction of sp³-hybridized carbons (Fsp3) is 0.350. The maximum Gasteiger partial charge on any atom is 0.223 e. The van der Waals surface area contributed by atoms with E-state index in [1.807, 2.05) is 35.7 Å². The zero-order chi connectivity index (χ0) is 19.5. The van der Waals surface area contributed by atoms with E-state index in [1.165, 1.54) is 4.88 Å². The predicted molar refractivity (Wildman–Crippen MR) is 103 cm³/mol. The molecule has 146 valence electrons. The number of ether oxygens (including phenoxy) is 2. The molecule has 0 saturated carbocycles. The summed E-state index contributed by atoms with van der Waals surface area (Å²) in [5.74, 6) is 1.31. The van der Waals surface area contributed by atoms with Gasteiger partial charge in [-0.2, -0.15) is 4.98 Å². The lowest BCUT2D eigenvalue weighted by Crippen LogP contribution is -2.32. The van der Waals surface area contributed by atoms with Crippen molar-refractivity contribution in [2.24, 2.45) is 0 Å². The summed E-state index contributed by atoms with van der Waals surface area (Å²) in [5, 5.41) is 9.08. The van der Waals surface area contributed by atoms with Crippen LogP contribution in [0.4, 0.5) is 0 Å². The second-order valence-corrected chi connectivity index (χ2v) is 7.53. The van der Waals surface area contributed by atoms with Crippen LogP contribution in [0.1, 0.15) is 46.3 Å². The molecule has 1 aliphatic heterocycles. The number of thiophene rings is 1. The van der Waals surface area contributed by atoms with E-state index in [0.717, 1.165) is 17.5 Å². The second-order valence-electron chi connectivity index (χ2n) is 6.53. The van der Waals surface area contributed by atoms with Crippen LogP contribution in [0.15, 0.2) is 40.2 Å². The molecule has 3 heterocycles. The van der Waals surface area contributed by atoms with Crippen molar-refractivity contribution in [2.75, 3.05) is 13.7 Å². The lowest BCUT2D eigenvalue weighted by atomic mass is 10.0. The summed E-state index contributed by atoms with van der Waals surface area (Å²) < 4.78 is 16.4. The molecule has 2 unspecified atom stereocenters. The molecule has 2 aromatic heterocycles. The maximum atomic E-state index is 12.9. The van der Waals surface area contributed by atoms with E-state index in [-0.39, 0.29) is 18.4 Å². The Morgan fingerprint density at radius 3 is 3.04 bits per heavy atom. The van der Waals surface area contributed by atoms with Gasteiger partial charge in [0.1, 0.15) is 11.8 Å². The first-order chi connectivity index (χ1) is 13.7. The van der Waals surface area contributed by atoms with Crippen LogP contribution in [-0.4, -0.2) is 29.8 Å².